The third-order valence-corrected chi connectivity index (χ3v) is 10.9. The number of anilines is 2. The van der Waals surface area contributed by atoms with Crippen LogP contribution in [0.5, 0.6) is 5.75 Å². The summed E-state index contributed by atoms with van der Waals surface area (Å²) >= 11 is 0. The summed E-state index contributed by atoms with van der Waals surface area (Å²) in [7, 11) is 3.42. The largest absolute Gasteiger partial charge is 0.484 e. The molecule has 0 radical (unpaired) electrons. The first-order valence-electron chi connectivity index (χ1n) is 20.6. The second-order valence-electron chi connectivity index (χ2n) is 15.7. The lowest BCUT2D eigenvalue weighted by Gasteiger charge is -2.27. The van der Waals surface area contributed by atoms with Gasteiger partial charge in [-0.05, 0) is 112 Å². The number of fused-ring (bicyclic) bond motifs is 3. The first-order chi connectivity index (χ1) is 29.6. The van der Waals surface area contributed by atoms with E-state index in [1.54, 1.807) is 20.4 Å². The molecule has 0 saturated carbocycles. The Morgan fingerprint density at radius 3 is 2.41 bits per heavy atom. The van der Waals surface area contributed by atoms with Crippen LogP contribution in [0.3, 0.4) is 0 Å². The van der Waals surface area contributed by atoms with Crippen LogP contribution in [0.4, 0.5) is 11.6 Å². The number of amides is 1. The van der Waals surface area contributed by atoms with Crippen molar-refractivity contribution in [2.45, 2.75) is 59.0 Å². The molecule has 2 atom stereocenters. The van der Waals surface area contributed by atoms with Gasteiger partial charge in [0, 0.05) is 54.3 Å². The first-order valence-corrected chi connectivity index (χ1v) is 20.6. The predicted molar refractivity (Wildman–Crippen MR) is 243 cm³/mol. The van der Waals surface area contributed by atoms with Crippen LogP contribution in [0.15, 0.2) is 126 Å². The van der Waals surface area contributed by atoms with E-state index in [-0.39, 0.29) is 18.6 Å². The minimum Gasteiger partial charge on any atom is -0.484 e. The normalized spacial score (nSPS) is 13.8. The van der Waals surface area contributed by atoms with Crippen molar-refractivity contribution in [2.24, 2.45) is 0 Å². The summed E-state index contributed by atoms with van der Waals surface area (Å²) < 4.78 is 11.2. The van der Waals surface area contributed by atoms with Crippen molar-refractivity contribution in [2.75, 3.05) is 31.3 Å². The zero-order valence-electron chi connectivity index (χ0n) is 35.4. The summed E-state index contributed by atoms with van der Waals surface area (Å²) in [6.07, 6.45) is 7.13. The van der Waals surface area contributed by atoms with E-state index < -0.39 is 0 Å². The number of hydrogen-bond donors (Lipinski definition) is 2. The molecule has 4 aromatic carbocycles. The van der Waals surface area contributed by atoms with Crippen molar-refractivity contribution in [1.29, 1.82) is 0 Å². The smallest absolute Gasteiger partial charge is 0.259 e. The maximum Gasteiger partial charge on any atom is 0.259 e. The minimum absolute atomic E-state index is 0.00715. The second-order valence-corrected chi connectivity index (χ2v) is 15.7. The van der Waals surface area contributed by atoms with Gasteiger partial charge in [-0.3, -0.25) is 9.78 Å². The average molecular weight is 811 g/mol. The molecule has 2 N–H and O–H groups in total. The van der Waals surface area contributed by atoms with Crippen LogP contribution in [-0.2, 0) is 11.2 Å². The van der Waals surface area contributed by atoms with Gasteiger partial charge in [0.2, 0.25) is 0 Å². The number of likely N-dealkylation sites (N-methyl/N-ethyl adjacent to an activating group) is 1. The topological polar surface area (TPSA) is 131 Å². The van der Waals surface area contributed by atoms with E-state index in [0.717, 1.165) is 85.8 Å². The van der Waals surface area contributed by atoms with Gasteiger partial charge in [0.05, 0.1) is 35.3 Å². The quantitative estimate of drug-likeness (QED) is 0.138. The van der Waals surface area contributed by atoms with Crippen molar-refractivity contribution in [3.8, 4) is 28.3 Å². The van der Waals surface area contributed by atoms with Crippen LogP contribution in [0.2, 0.25) is 0 Å². The van der Waals surface area contributed by atoms with Gasteiger partial charge >= 0.3 is 0 Å². The molecule has 308 valence electrons. The molecule has 2 unspecified atom stereocenters. The molecule has 0 aliphatic heterocycles. The van der Waals surface area contributed by atoms with Crippen LogP contribution < -0.4 is 15.4 Å². The Morgan fingerprint density at radius 1 is 0.820 bits per heavy atom. The Balaban J connectivity index is 0.000000170. The van der Waals surface area contributed by atoms with E-state index in [1.165, 1.54) is 22.4 Å². The van der Waals surface area contributed by atoms with Gasteiger partial charge in [0.1, 0.15) is 34.6 Å². The molecule has 4 aromatic heterocycles. The molecular weight excluding hydrogens is 761 g/mol. The van der Waals surface area contributed by atoms with Crippen molar-refractivity contribution >= 4 is 39.4 Å². The van der Waals surface area contributed by atoms with E-state index in [9.17, 15) is 4.79 Å². The zero-order chi connectivity index (χ0) is 42.5. The third-order valence-electron chi connectivity index (χ3n) is 10.9. The highest BCUT2D eigenvalue weighted by atomic mass is 16.5. The number of carbonyl (C=O) groups excluding carboxylic acids is 1. The molecule has 11 nitrogen and oxygen atoms in total. The molecule has 0 bridgehead atoms. The molecule has 0 fully saturated rings. The minimum atomic E-state index is -0.0839. The van der Waals surface area contributed by atoms with E-state index in [2.05, 4.69) is 84.9 Å². The maximum atomic E-state index is 11.8. The molecule has 0 spiro atoms. The first kappa shape index (κ1) is 40.6. The number of nitrogens with zero attached hydrogens (tertiary/aromatic N) is 6. The second kappa shape index (κ2) is 18.0. The lowest BCUT2D eigenvalue weighted by atomic mass is 9.88. The van der Waals surface area contributed by atoms with Gasteiger partial charge in [0.25, 0.3) is 5.91 Å². The Hall–Kier alpha value is -7.14. The SMILES string of the molecule is Cc1nc(NC(C)c2cccc(OCC(=O)N(C)C)c2)cc(-c2ccc3occ(C)c3c2)n1.Cc1nc(NC2CCCc3ccccc32)cc(-c2cnc3ccccc3c2)n1. The molecule has 11 heteroatoms. The number of ether oxygens (including phenoxy) is 1. The van der Waals surface area contributed by atoms with Crippen molar-refractivity contribution in [3.05, 3.63) is 156 Å². The molecule has 9 rings (SSSR count). The standard InChI is InChI=1S/C26H28N4O3.C24H22N4/c1-16-14-33-24-10-9-20(12-22(16)24)23-13-25(29-18(3)28-23)27-17(2)19-7-6-8-21(11-19)32-15-26(31)30(4)5;1-16-26-23(19-13-18-8-3-5-11-21(18)25-15-19)14-24(27-16)28-22-12-6-9-17-7-2-4-10-20(17)22/h6-14,17H,15H2,1-5H3,(H,27,28,29);2-5,7-8,10-11,13-15,22H,6,9,12H2,1H3,(H,26,27,28). The van der Waals surface area contributed by atoms with E-state index >= 15 is 0 Å². The fourth-order valence-corrected chi connectivity index (χ4v) is 7.64. The molecule has 1 aliphatic carbocycles. The number of rotatable bonds is 10. The number of benzene rings is 4. The molecular formula is C50H50N8O3. The summed E-state index contributed by atoms with van der Waals surface area (Å²) in [4.78, 5) is 36.4. The molecule has 61 heavy (non-hydrogen) atoms. The summed E-state index contributed by atoms with van der Waals surface area (Å²) in [5.74, 6) is 3.63. The predicted octanol–water partition coefficient (Wildman–Crippen LogP) is 10.6. The van der Waals surface area contributed by atoms with Crippen LogP contribution in [0, 0.1) is 20.8 Å². The number of aryl methyl sites for hydroxylation is 4. The van der Waals surface area contributed by atoms with Crippen LogP contribution in [0.1, 0.15) is 65.8 Å². The summed E-state index contributed by atoms with van der Waals surface area (Å²) in [5.41, 5.74) is 10.6. The summed E-state index contributed by atoms with van der Waals surface area (Å²) in [6, 6.07) is 37.1. The average Bonchev–Trinajstić information content (AvgIpc) is 3.64. The van der Waals surface area contributed by atoms with Gasteiger partial charge in [0.15, 0.2) is 6.61 Å². The number of hydrogen-bond acceptors (Lipinski definition) is 10. The molecule has 0 saturated heterocycles. The third kappa shape index (κ3) is 9.68. The van der Waals surface area contributed by atoms with E-state index in [1.807, 2.05) is 93.7 Å². The highest BCUT2D eigenvalue weighted by molar-refractivity contribution is 5.86. The Kier molecular flexibility index (Phi) is 12.0. The van der Waals surface area contributed by atoms with Gasteiger partial charge in [-0.2, -0.15) is 0 Å². The monoisotopic (exact) mass is 810 g/mol. The zero-order valence-corrected chi connectivity index (χ0v) is 35.4. The molecule has 1 amide bonds. The van der Waals surface area contributed by atoms with Gasteiger partial charge in [-0.25, -0.2) is 19.9 Å². The van der Waals surface area contributed by atoms with Crippen molar-refractivity contribution in [1.82, 2.24) is 29.8 Å². The van der Waals surface area contributed by atoms with Crippen LogP contribution in [-0.4, -0.2) is 56.4 Å². The summed E-state index contributed by atoms with van der Waals surface area (Å²) in [5, 5.41) is 9.31. The maximum absolute atomic E-state index is 11.8. The van der Waals surface area contributed by atoms with Crippen molar-refractivity contribution in [3.63, 3.8) is 0 Å². The fraction of sp³-hybridized carbons (Fsp3) is 0.240. The van der Waals surface area contributed by atoms with Crippen LogP contribution in [0.25, 0.3) is 44.4 Å². The molecule has 8 aromatic rings. The van der Waals surface area contributed by atoms with Crippen molar-refractivity contribution < 1.29 is 13.9 Å². The number of carbonyl (C=O) groups is 1. The van der Waals surface area contributed by atoms with Gasteiger partial charge in [-0.15, -0.1) is 0 Å². The van der Waals surface area contributed by atoms with E-state index in [4.69, 9.17) is 9.15 Å². The van der Waals surface area contributed by atoms with Gasteiger partial charge < -0.3 is 24.7 Å². The number of furan rings is 1. The van der Waals surface area contributed by atoms with Crippen LogP contribution >= 0.6 is 0 Å². The Bertz CT molecular complexity index is 2840. The Labute approximate surface area is 356 Å². The number of aromatic nitrogens is 5. The lowest BCUT2D eigenvalue weighted by Crippen LogP contribution is -2.27. The Morgan fingerprint density at radius 2 is 1.57 bits per heavy atom. The highest BCUT2D eigenvalue weighted by Crippen LogP contribution is 2.33. The molecule has 1 aliphatic rings. The van der Waals surface area contributed by atoms with Gasteiger partial charge in [-0.1, -0.05) is 54.6 Å². The molecule has 4 heterocycles. The number of para-hydroxylation sites is 1. The number of pyridine rings is 1. The fourth-order valence-electron chi connectivity index (χ4n) is 7.64. The van der Waals surface area contributed by atoms with E-state index in [0.29, 0.717) is 17.6 Å². The number of nitrogens with one attached hydrogen (secondary N) is 2. The summed E-state index contributed by atoms with van der Waals surface area (Å²) in [6.45, 7) is 7.92. The lowest BCUT2D eigenvalue weighted by molar-refractivity contribution is -0.130. The highest BCUT2D eigenvalue weighted by Gasteiger charge is 2.21.